The van der Waals surface area contributed by atoms with Crippen LogP contribution in [0.3, 0.4) is 0 Å². The second-order valence-corrected chi connectivity index (χ2v) is 11.1. The van der Waals surface area contributed by atoms with Crippen LogP contribution in [0.15, 0.2) is 18.2 Å². The number of alkyl halides is 3. The maximum Gasteiger partial charge on any atom is 0.490 e. The zero-order valence-electron chi connectivity index (χ0n) is 24.1. The summed E-state index contributed by atoms with van der Waals surface area (Å²) in [6, 6.07) is 6.57. The van der Waals surface area contributed by atoms with Crippen molar-refractivity contribution in [3.05, 3.63) is 34.9 Å². The van der Waals surface area contributed by atoms with Crippen LogP contribution < -0.4 is 0 Å². The number of aryl methyl sites for hydroxylation is 2. The fraction of sp³-hybridized carbons (Fsp3) is 0.690. The van der Waals surface area contributed by atoms with Crippen LogP contribution in [0.1, 0.15) is 73.4 Å². The van der Waals surface area contributed by atoms with Gasteiger partial charge in [-0.15, -0.1) is 0 Å². The average Bonchev–Trinajstić information content (AvgIpc) is 3.17. The number of aliphatic hydroxyl groups is 1. The Balaban J connectivity index is 0.000000587. The van der Waals surface area contributed by atoms with Crippen LogP contribution in [-0.2, 0) is 9.53 Å². The summed E-state index contributed by atoms with van der Waals surface area (Å²) in [7, 11) is 0. The Labute approximate surface area is 239 Å². The van der Waals surface area contributed by atoms with Gasteiger partial charge in [-0.25, -0.2) is 9.59 Å². The lowest BCUT2D eigenvalue weighted by Gasteiger charge is -2.46. The van der Waals surface area contributed by atoms with E-state index in [-0.39, 0.29) is 24.6 Å². The third-order valence-corrected chi connectivity index (χ3v) is 8.53. The molecule has 4 rings (SSSR count). The molecule has 9 nitrogen and oxygen atoms in total. The Kier molecular flexibility index (Phi) is 11.0. The lowest BCUT2D eigenvalue weighted by atomic mass is 9.81. The smallest absolute Gasteiger partial charge is 0.475 e. The molecular weight excluding hydrogens is 543 g/mol. The molecule has 1 atom stereocenters. The molecule has 230 valence electrons. The van der Waals surface area contributed by atoms with E-state index in [4.69, 9.17) is 14.6 Å². The number of halogens is 3. The van der Waals surface area contributed by atoms with Crippen LogP contribution in [0, 0.1) is 13.8 Å². The molecule has 0 bridgehead atoms. The molecule has 0 saturated carbocycles. The highest BCUT2D eigenvalue weighted by Gasteiger charge is 2.54. The first kappa shape index (κ1) is 32.7. The molecule has 2 N–H and O–H groups in total. The van der Waals surface area contributed by atoms with E-state index in [9.17, 15) is 27.9 Å². The third-order valence-electron chi connectivity index (χ3n) is 8.53. The summed E-state index contributed by atoms with van der Waals surface area (Å²) in [5.74, 6) is -2.60. The molecule has 0 aromatic heterocycles. The van der Waals surface area contributed by atoms with Crippen LogP contribution in [-0.4, -0.2) is 106 Å². The van der Waals surface area contributed by atoms with E-state index in [0.717, 1.165) is 87.8 Å². The first-order chi connectivity index (χ1) is 19.3. The fourth-order valence-electron chi connectivity index (χ4n) is 6.33. The van der Waals surface area contributed by atoms with Crippen LogP contribution in [0.25, 0.3) is 0 Å². The summed E-state index contributed by atoms with van der Waals surface area (Å²) in [5, 5.41) is 16.6. The number of aliphatic carboxylic acids is 1. The van der Waals surface area contributed by atoms with E-state index < -0.39 is 17.7 Å². The number of carboxylic acid groups (broad SMARTS) is 1. The van der Waals surface area contributed by atoms with Crippen molar-refractivity contribution in [2.75, 3.05) is 39.3 Å². The highest BCUT2D eigenvalue weighted by Crippen LogP contribution is 2.41. The third kappa shape index (κ3) is 7.71. The topological polar surface area (TPSA) is 111 Å². The molecule has 41 heavy (non-hydrogen) atoms. The Hall–Kier alpha value is -2.86. The van der Waals surface area contributed by atoms with E-state index in [1.165, 1.54) is 0 Å². The Bertz CT molecular complexity index is 1050. The number of amides is 2. The summed E-state index contributed by atoms with van der Waals surface area (Å²) in [6.07, 6.45) is 1.38. The molecular formula is C29H42F3N3O6. The summed E-state index contributed by atoms with van der Waals surface area (Å²) < 4.78 is 37.8. The predicted molar refractivity (Wildman–Crippen MR) is 146 cm³/mol. The molecule has 3 aliphatic heterocycles. The Morgan fingerprint density at radius 3 is 2.12 bits per heavy atom. The summed E-state index contributed by atoms with van der Waals surface area (Å²) in [6.45, 7) is 9.93. The summed E-state index contributed by atoms with van der Waals surface area (Å²) in [4.78, 5) is 41.0. The van der Waals surface area contributed by atoms with Gasteiger partial charge in [0.2, 0.25) is 0 Å². The molecule has 2 amide bonds. The highest BCUT2D eigenvalue weighted by atomic mass is 19.4. The molecule has 3 fully saturated rings. The normalized spacial score (nSPS) is 21.4. The van der Waals surface area contributed by atoms with Crippen LogP contribution in [0.2, 0.25) is 0 Å². The van der Waals surface area contributed by atoms with Crippen molar-refractivity contribution >= 4 is 18.0 Å². The zero-order valence-corrected chi connectivity index (χ0v) is 24.1. The van der Waals surface area contributed by atoms with Crippen LogP contribution in [0.5, 0.6) is 0 Å². The summed E-state index contributed by atoms with van der Waals surface area (Å²) in [5.41, 5.74) is 2.53. The van der Waals surface area contributed by atoms with Crippen molar-refractivity contribution in [3.63, 3.8) is 0 Å². The van der Waals surface area contributed by atoms with Crippen LogP contribution >= 0.6 is 0 Å². The molecule has 3 heterocycles. The Morgan fingerprint density at radius 2 is 1.63 bits per heavy atom. The lowest BCUT2D eigenvalue weighted by molar-refractivity contribution is -0.192. The maximum atomic E-state index is 13.2. The molecule has 1 aromatic rings. The number of hydrogen-bond donors (Lipinski definition) is 2. The number of piperidine rings is 2. The number of carbonyl (C=O) groups excluding carboxylic acids is 2. The second kappa shape index (κ2) is 13.9. The summed E-state index contributed by atoms with van der Waals surface area (Å²) >= 11 is 0. The number of β-amino-alcohol motifs (C(OH)–C–C–N with tert-alkyl or cyclic N) is 1. The molecule has 3 saturated heterocycles. The monoisotopic (exact) mass is 585 g/mol. The largest absolute Gasteiger partial charge is 0.490 e. The van der Waals surface area contributed by atoms with Crippen molar-refractivity contribution in [1.82, 2.24) is 14.7 Å². The SMILES string of the molecule is CCCCC1N(CCO)C(=O)OC12CCN(C1CCN(C(=O)c3c(C)cccc3C)CC1)CC2.O=C(O)C(F)(F)F. The van der Waals surface area contributed by atoms with Gasteiger partial charge >= 0.3 is 18.2 Å². The molecule has 0 aliphatic carbocycles. The molecule has 0 radical (unpaired) electrons. The van der Waals surface area contributed by atoms with Crippen molar-refractivity contribution in [2.45, 2.75) is 89.6 Å². The van der Waals surface area contributed by atoms with Crippen molar-refractivity contribution in [3.8, 4) is 0 Å². The van der Waals surface area contributed by atoms with E-state index in [2.05, 4.69) is 11.8 Å². The maximum absolute atomic E-state index is 13.2. The number of aliphatic hydroxyl groups excluding tert-OH is 1. The Morgan fingerprint density at radius 1 is 1.07 bits per heavy atom. The van der Waals surface area contributed by atoms with E-state index in [1.54, 1.807) is 4.90 Å². The first-order valence-electron chi connectivity index (χ1n) is 14.3. The number of carboxylic acids is 1. The molecule has 1 spiro atoms. The van der Waals surface area contributed by atoms with Gasteiger partial charge in [-0.05, 0) is 44.2 Å². The van der Waals surface area contributed by atoms with Crippen molar-refractivity contribution < 1.29 is 42.5 Å². The minimum Gasteiger partial charge on any atom is -0.475 e. The fourth-order valence-corrected chi connectivity index (χ4v) is 6.33. The van der Waals surface area contributed by atoms with Crippen molar-refractivity contribution in [1.29, 1.82) is 0 Å². The van der Waals surface area contributed by atoms with E-state index in [0.29, 0.717) is 12.6 Å². The number of carbonyl (C=O) groups is 3. The van der Waals surface area contributed by atoms with Gasteiger partial charge in [-0.1, -0.05) is 38.0 Å². The first-order valence-corrected chi connectivity index (χ1v) is 14.3. The van der Waals surface area contributed by atoms with Gasteiger partial charge in [0.15, 0.2) is 0 Å². The molecule has 3 aliphatic rings. The van der Waals surface area contributed by atoms with Gasteiger partial charge in [-0.3, -0.25) is 14.6 Å². The number of hydrogen-bond acceptors (Lipinski definition) is 6. The molecule has 1 aromatic carbocycles. The molecule has 12 heteroatoms. The second-order valence-electron chi connectivity index (χ2n) is 11.1. The minimum absolute atomic E-state index is 0.0285. The standard InChI is InChI=1S/C27H41N3O4.C2HF3O2/c1-4-5-9-23-27(34-26(33)30(23)18-19-31)12-16-28(17-13-27)22-10-14-29(15-11-22)25(32)24-20(2)7-6-8-21(24)3;3-2(4,5)1(6)7/h6-8,22-23,31H,4-5,9-19H2,1-3H3;(H,6,7). The van der Waals surface area contributed by atoms with Gasteiger partial charge in [0, 0.05) is 57.2 Å². The van der Waals surface area contributed by atoms with Crippen molar-refractivity contribution in [2.24, 2.45) is 0 Å². The van der Waals surface area contributed by atoms with E-state index in [1.807, 2.05) is 36.9 Å². The molecule has 1 unspecified atom stereocenters. The van der Waals surface area contributed by atoms with Gasteiger partial charge in [-0.2, -0.15) is 13.2 Å². The lowest BCUT2D eigenvalue weighted by Crippen LogP contribution is -2.56. The van der Waals surface area contributed by atoms with E-state index >= 15 is 0 Å². The quantitative estimate of drug-likeness (QED) is 0.489. The van der Waals surface area contributed by atoms with Gasteiger partial charge in [0.1, 0.15) is 5.60 Å². The minimum atomic E-state index is -5.08. The van der Waals surface area contributed by atoms with Gasteiger partial charge in [0.25, 0.3) is 5.91 Å². The number of ether oxygens (including phenoxy) is 1. The number of rotatable bonds is 7. The number of nitrogens with zero attached hydrogens (tertiary/aromatic N) is 3. The van der Waals surface area contributed by atoms with Gasteiger partial charge in [0.05, 0.1) is 12.6 Å². The predicted octanol–water partition coefficient (Wildman–Crippen LogP) is 4.38. The number of unbranched alkanes of at least 4 members (excludes halogenated alkanes) is 1. The zero-order chi connectivity index (χ0) is 30.4. The number of likely N-dealkylation sites (tertiary alicyclic amines) is 2. The average molecular weight is 586 g/mol. The number of benzene rings is 1. The van der Waals surface area contributed by atoms with Gasteiger partial charge < -0.3 is 19.8 Å². The van der Waals surface area contributed by atoms with Crippen LogP contribution in [0.4, 0.5) is 18.0 Å². The highest BCUT2D eigenvalue weighted by molar-refractivity contribution is 5.97.